The first kappa shape index (κ1) is 11.5. The van der Waals surface area contributed by atoms with Gasteiger partial charge in [-0.1, -0.05) is 32.3 Å². The van der Waals surface area contributed by atoms with Gasteiger partial charge in [0.25, 0.3) is 0 Å². The molecule has 0 aliphatic heterocycles. The normalized spacial score (nSPS) is 22.6. The van der Waals surface area contributed by atoms with Crippen LogP contribution in [0.5, 0.6) is 0 Å². The zero-order valence-electron chi connectivity index (χ0n) is 9.30. The third-order valence-electron chi connectivity index (χ3n) is 3.75. The maximum absolute atomic E-state index is 10.7. The highest BCUT2D eigenvalue weighted by Gasteiger charge is 2.33. The molecule has 0 aromatic rings. The first-order chi connectivity index (χ1) is 6.73. The zero-order chi connectivity index (χ0) is 10.4. The monoisotopic (exact) mass is 194 g/mol. The van der Waals surface area contributed by atoms with Crippen LogP contribution in [0.1, 0.15) is 51.9 Å². The van der Waals surface area contributed by atoms with Gasteiger partial charge in [0, 0.05) is 6.42 Å². The zero-order valence-corrected chi connectivity index (χ0v) is 9.30. The van der Waals surface area contributed by atoms with Gasteiger partial charge in [0.15, 0.2) is 0 Å². The van der Waals surface area contributed by atoms with E-state index in [1.54, 1.807) is 0 Å². The van der Waals surface area contributed by atoms with Crippen molar-refractivity contribution in [2.75, 3.05) is 0 Å². The average Bonchev–Trinajstić information content (AvgIpc) is 2.20. The van der Waals surface area contributed by atoms with Gasteiger partial charge in [-0.3, -0.25) is 0 Å². The van der Waals surface area contributed by atoms with Gasteiger partial charge in [0.2, 0.25) is 0 Å². The number of hydrogen-bond acceptors (Lipinski definition) is 1. The standard InChI is InChI=1S/C13H22O/c1-3-9-13(2,10-11-14)12-7-5-4-6-8-12/h3,11-12H,1,4-10H2,2H3. The minimum Gasteiger partial charge on any atom is -0.303 e. The lowest BCUT2D eigenvalue weighted by Crippen LogP contribution is -2.29. The lowest BCUT2D eigenvalue weighted by Gasteiger charge is -2.38. The number of aldehydes is 1. The van der Waals surface area contributed by atoms with E-state index in [0.717, 1.165) is 18.6 Å². The van der Waals surface area contributed by atoms with Crippen LogP contribution < -0.4 is 0 Å². The first-order valence-electron chi connectivity index (χ1n) is 5.77. The van der Waals surface area contributed by atoms with Crippen molar-refractivity contribution in [3.63, 3.8) is 0 Å². The van der Waals surface area contributed by atoms with Crippen LogP contribution in [0.3, 0.4) is 0 Å². The predicted molar refractivity (Wildman–Crippen MR) is 60.2 cm³/mol. The van der Waals surface area contributed by atoms with Gasteiger partial charge in [-0.2, -0.15) is 0 Å². The summed E-state index contributed by atoms with van der Waals surface area (Å²) in [6.45, 7) is 6.06. The molecule has 0 heterocycles. The van der Waals surface area contributed by atoms with Crippen molar-refractivity contribution in [2.45, 2.75) is 51.9 Å². The summed E-state index contributed by atoms with van der Waals surface area (Å²) in [7, 11) is 0. The lowest BCUT2D eigenvalue weighted by molar-refractivity contribution is -0.110. The van der Waals surface area contributed by atoms with E-state index in [1.165, 1.54) is 32.1 Å². The van der Waals surface area contributed by atoms with Crippen molar-refractivity contribution in [1.82, 2.24) is 0 Å². The van der Waals surface area contributed by atoms with E-state index in [9.17, 15) is 4.79 Å². The number of carbonyl (C=O) groups is 1. The summed E-state index contributed by atoms with van der Waals surface area (Å²) in [4.78, 5) is 10.7. The molecular weight excluding hydrogens is 172 g/mol. The fraction of sp³-hybridized carbons (Fsp3) is 0.769. The Hall–Kier alpha value is -0.590. The van der Waals surface area contributed by atoms with Gasteiger partial charge >= 0.3 is 0 Å². The highest BCUT2D eigenvalue weighted by molar-refractivity contribution is 5.50. The van der Waals surface area contributed by atoms with Crippen LogP contribution in [-0.4, -0.2) is 6.29 Å². The Labute approximate surface area is 87.6 Å². The molecule has 1 heteroatoms. The number of hydrogen-bond donors (Lipinski definition) is 0. The summed E-state index contributed by atoms with van der Waals surface area (Å²) >= 11 is 0. The quantitative estimate of drug-likeness (QED) is 0.481. The minimum atomic E-state index is 0.184. The second-order valence-corrected chi connectivity index (χ2v) is 4.85. The summed E-state index contributed by atoms with van der Waals surface area (Å²) in [6, 6.07) is 0. The largest absolute Gasteiger partial charge is 0.303 e. The molecule has 0 saturated heterocycles. The number of carbonyl (C=O) groups excluding carboxylic acids is 1. The van der Waals surface area contributed by atoms with Gasteiger partial charge in [-0.05, 0) is 30.6 Å². The topological polar surface area (TPSA) is 17.1 Å². The third kappa shape index (κ3) is 2.70. The third-order valence-corrected chi connectivity index (χ3v) is 3.75. The summed E-state index contributed by atoms with van der Waals surface area (Å²) in [5, 5.41) is 0. The van der Waals surface area contributed by atoms with Crippen LogP contribution in [0.15, 0.2) is 12.7 Å². The molecule has 1 atom stereocenters. The van der Waals surface area contributed by atoms with Crippen LogP contribution in [0.25, 0.3) is 0 Å². The SMILES string of the molecule is C=CCC(C)(CC=O)C1CCCCC1. The summed E-state index contributed by atoms with van der Waals surface area (Å²) < 4.78 is 0. The maximum atomic E-state index is 10.7. The van der Waals surface area contributed by atoms with Crippen LogP contribution in [0.4, 0.5) is 0 Å². The van der Waals surface area contributed by atoms with Crippen molar-refractivity contribution < 1.29 is 4.79 Å². The Morgan fingerprint density at radius 2 is 1.93 bits per heavy atom. The lowest BCUT2D eigenvalue weighted by atomic mass is 9.66. The van der Waals surface area contributed by atoms with E-state index in [4.69, 9.17) is 0 Å². The van der Waals surface area contributed by atoms with Crippen molar-refractivity contribution in [3.05, 3.63) is 12.7 Å². The van der Waals surface area contributed by atoms with Crippen molar-refractivity contribution in [2.24, 2.45) is 11.3 Å². The van der Waals surface area contributed by atoms with Crippen molar-refractivity contribution >= 4 is 6.29 Å². The molecule has 1 saturated carbocycles. The molecule has 0 aromatic heterocycles. The maximum Gasteiger partial charge on any atom is 0.120 e. The molecule has 14 heavy (non-hydrogen) atoms. The van der Waals surface area contributed by atoms with Crippen LogP contribution >= 0.6 is 0 Å². The molecule has 1 rings (SSSR count). The molecule has 0 spiro atoms. The first-order valence-corrected chi connectivity index (χ1v) is 5.77. The summed E-state index contributed by atoms with van der Waals surface area (Å²) in [6.07, 6.45) is 11.4. The van der Waals surface area contributed by atoms with Gasteiger partial charge in [0.1, 0.15) is 6.29 Å². The second kappa shape index (κ2) is 5.33. The Kier molecular flexibility index (Phi) is 4.37. The summed E-state index contributed by atoms with van der Waals surface area (Å²) in [5.41, 5.74) is 0.184. The number of allylic oxidation sites excluding steroid dienone is 1. The van der Waals surface area contributed by atoms with Gasteiger partial charge in [-0.15, -0.1) is 6.58 Å². The Balaban J connectivity index is 2.62. The molecule has 1 aliphatic rings. The molecule has 1 aliphatic carbocycles. The van der Waals surface area contributed by atoms with E-state index in [0.29, 0.717) is 6.42 Å². The molecule has 0 N–H and O–H groups in total. The van der Waals surface area contributed by atoms with E-state index in [2.05, 4.69) is 13.5 Å². The second-order valence-electron chi connectivity index (χ2n) is 4.85. The van der Waals surface area contributed by atoms with Crippen LogP contribution in [0, 0.1) is 11.3 Å². The Bertz CT molecular complexity index is 179. The van der Waals surface area contributed by atoms with Crippen molar-refractivity contribution in [3.8, 4) is 0 Å². The fourth-order valence-corrected chi connectivity index (χ4v) is 2.74. The smallest absolute Gasteiger partial charge is 0.120 e. The summed E-state index contributed by atoms with van der Waals surface area (Å²) in [5.74, 6) is 0.736. The Morgan fingerprint density at radius 3 is 2.43 bits per heavy atom. The van der Waals surface area contributed by atoms with E-state index >= 15 is 0 Å². The molecule has 1 fully saturated rings. The van der Waals surface area contributed by atoms with E-state index in [-0.39, 0.29) is 5.41 Å². The van der Waals surface area contributed by atoms with E-state index in [1.807, 2.05) is 6.08 Å². The van der Waals surface area contributed by atoms with Crippen molar-refractivity contribution in [1.29, 1.82) is 0 Å². The van der Waals surface area contributed by atoms with Crippen LogP contribution in [-0.2, 0) is 4.79 Å². The van der Waals surface area contributed by atoms with E-state index < -0.39 is 0 Å². The average molecular weight is 194 g/mol. The Morgan fingerprint density at radius 1 is 1.29 bits per heavy atom. The molecule has 1 nitrogen and oxygen atoms in total. The molecule has 1 unspecified atom stereocenters. The molecule has 0 aromatic carbocycles. The molecular formula is C13H22O. The predicted octanol–water partition coefficient (Wildman–Crippen LogP) is 3.74. The van der Waals surface area contributed by atoms with Gasteiger partial charge < -0.3 is 4.79 Å². The van der Waals surface area contributed by atoms with Crippen LogP contribution in [0.2, 0.25) is 0 Å². The highest BCUT2D eigenvalue weighted by atomic mass is 16.1. The molecule has 0 bridgehead atoms. The van der Waals surface area contributed by atoms with Gasteiger partial charge in [0.05, 0.1) is 0 Å². The fourth-order valence-electron chi connectivity index (χ4n) is 2.74. The molecule has 0 amide bonds. The highest BCUT2D eigenvalue weighted by Crippen LogP contribution is 2.42. The molecule has 80 valence electrons. The minimum absolute atomic E-state index is 0.184. The number of rotatable bonds is 5. The molecule has 0 radical (unpaired) electrons. The van der Waals surface area contributed by atoms with Gasteiger partial charge in [-0.25, -0.2) is 0 Å².